The lowest BCUT2D eigenvalue weighted by atomic mass is 9.77. The lowest BCUT2D eigenvalue weighted by Crippen LogP contribution is -2.44. The summed E-state index contributed by atoms with van der Waals surface area (Å²) in [6.07, 6.45) is 2.22. The quantitative estimate of drug-likeness (QED) is 0.846. The van der Waals surface area contributed by atoms with E-state index in [1.54, 1.807) is 17.0 Å². The van der Waals surface area contributed by atoms with Crippen molar-refractivity contribution >= 4 is 11.8 Å². The van der Waals surface area contributed by atoms with Crippen molar-refractivity contribution in [1.82, 2.24) is 10.2 Å². The summed E-state index contributed by atoms with van der Waals surface area (Å²) in [5.74, 6) is -0.415. The smallest absolute Gasteiger partial charge is 0.253 e. The van der Waals surface area contributed by atoms with Gasteiger partial charge >= 0.3 is 0 Å². The maximum absolute atomic E-state index is 13.2. The average Bonchev–Trinajstić information content (AvgIpc) is 2.80. The SMILES string of the molecule is O=C1CC2(CCN(C(=O)c3cccc(F)c3)CC2)CN1. The summed E-state index contributed by atoms with van der Waals surface area (Å²) in [4.78, 5) is 25.4. The first-order chi connectivity index (χ1) is 9.58. The van der Waals surface area contributed by atoms with Crippen molar-refractivity contribution < 1.29 is 14.0 Å². The molecule has 2 fully saturated rings. The predicted molar refractivity (Wildman–Crippen MR) is 71.6 cm³/mol. The van der Waals surface area contributed by atoms with E-state index in [1.165, 1.54) is 12.1 Å². The molecule has 2 amide bonds. The largest absolute Gasteiger partial charge is 0.356 e. The third-order valence-corrected chi connectivity index (χ3v) is 4.38. The van der Waals surface area contributed by atoms with Crippen LogP contribution >= 0.6 is 0 Å². The lowest BCUT2D eigenvalue weighted by molar-refractivity contribution is -0.119. The summed E-state index contributed by atoms with van der Waals surface area (Å²) in [5, 5.41) is 2.87. The predicted octanol–water partition coefficient (Wildman–Crippen LogP) is 1.57. The molecule has 1 spiro atoms. The number of rotatable bonds is 1. The van der Waals surface area contributed by atoms with Crippen LogP contribution in [-0.4, -0.2) is 36.3 Å². The molecule has 1 aromatic rings. The Morgan fingerprint density at radius 2 is 2.05 bits per heavy atom. The number of nitrogens with one attached hydrogen (secondary N) is 1. The van der Waals surface area contributed by atoms with Gasteiger partial charge in [-0.2, -0.15) is 0 Å². The van der Waals surface area contributed by atoms with Gasteiger partial charge < -0.3 is 10.2 Å². The van der Waals surface area contributed by atoms with Crippen molar-refractivity contribution in [3.63, 3.8) is 0 Å². The molecule has 1 aromatic carbocycles. The molecule has 0 saturated carbocycles. The Hall–Kier alpha value is -1.91. The normalized spacial score (nSPS) is 21.1. The fraction of sp³-hybridized carbons (Fsp3) is 0.467. The van der Waals surface area contributed by atoms with Crippen molar-refractivity contribution in [3.8, 4) is 0 Å². The van der Waals surface area contributed by atoms with Crippen LogP contribution in [0.25, 0.3) is 0 Å². The maximum atomic E-state index is 13.2. The highest BCUT2D eigenvalue weighted by Gasteiger charge is 2.41. The number of piperidine rings is 1. The summed E-state index contributed by atoms with van der Waals surface area (Å²) >= 11 is 0. The third kappa shape index (κ3) is 2.40. The van der Waals surface area contributed by atoms with E-state index in [-0.39, 0.29) is 17.2 Å². The second-order valence-corrected chi connectivity index (χ2v) is 5.76. The van der Waals surface area contributed by atoms with Gasteiger partial charge in [-0.05, 0) is 36.5 Å². The Bertz CT molecular complexity index is 551. The van der Waals surface area contributed by atoms with E-state index in [0.29, 0.717) is 31.6 Å². The van der Waals surface area contributed by atoms with E-state index >= 15 is 0 Å². The fourth-order valence-electron chi connectivity index (χ4n) is 3.09. The summed E-state index contributed by atoms with van der Waals surface area (Å²) in [5.41, 5.74) is 0.414. The van der Waals surface area contributed by atoms with Gasteiger partial charge in [-0.15, -0.1) is 0 Å². The molecule has 0 aliphatic carbocycles. The molecule has 5 heteroatoms. The number of likely N-dealkylation sites (tertiary alicyclic amines) is 1. The Morgan fingerprint density at radius 1 is 1.30 bits per heavy atom. The highest BCUT2D eigenvalue weighted by atomic mass is 19.1. The van der Waals surface area contributed by atoms with Crippen LogP contribution in [0.5, 0.6) is 0 Å². The molecule has 2 aliphatic heterocycles. The van der Waals surface area contributed by atoms with Gasteiger partial charge in [0.2, 0.25) is 5.91 Å². The first-order valence-corrected chi connectivity index (χ1v) is 6.90. The molecule has 20 heavy (non-hydrogen) atoms. The number of benzene rings is 1. The zero-order chi connectivity index (χ0) is 14.2. The zero-order valence-corrected chi connectivity index (χ0v) is 11.2. The highest BCUT2D eigenvalue weighted by molar-refractivity contribution is 5.94. The molecule has 0 bridgehead atoms. The number of amides is 2. The Labute approximate surface area is 117 Å². The Morgan fingerprint density at radius 3 is 2.65 bits per heavy atom. The van der Waals surface area contributed by atoms with E-state index in [0.717, 1.165) is 12.8 Å². The maximum Gasteiger partial charge on any atom is 0.253 e. The molecular weight excluding hydrogens is 259 g/mol. The summed E-state index contributed by atoms with van der Waals surface area (Å²) in [6.45, 7) is 1.97. The van der Waals surface area contributed by atoms with Crippen LogP contribution in [0.15, 0.2) is 24.3 Å². The van der Waals surface area contributed by atoms with E-state index in [2.05, 4.69) is 5.32 Å². The molecule has 2 aliphatic rings. The van der Waals surface area contributed by atoms with E-state index in [9.17, 15) is 14.0 Å². The molecule has 2 heterocycles. The van der Waals surface area contributed by atoms with Crippen LogP contribution in [0.3, 0.4) is 0 Å². The first kappa shape index (κ1) is 13.1. The molecule has 1 N–H and O–H groups in total. The van der Waals surface area contributed by atoms with Crippen LogP contribution in [0.1, 0.15) is 29.6 Å². The van der Waals surface area contributed by atoms with Gasteiger partial charge in [-0.25, -0.2) is 4.39 Å². The topological polar surface area (TPSA) is 49.4 Å². The third-order valence-electron chi connectivity index (χ3n) is 4.38. The number of hydrogen-bond donors (Lipinski definition) is 1. The molecule has 3 rings (SSSR count). The minimum atomic E-state index is -0.394. The van der Waals surface area contributed by atoms with Gasteiger partial charge in [0.1, 0.15) is 5.82 Å². The van der Waals surface area contributed by atoms with Crippen molar-refractivity contribution in [2.24, 2.45) is 5.41 Å². The van der Waals surface area contributed by atoms with Gasteiger partial charge in [-0.1, -0.05) is 6.07 Å². The van der Waals surface area contributed by atoms with Gasteiger partial charge in [0.25, 0.3) is 5.91 Å². The number of hydrogen-bond acceptors (Lipinski definition) is 2. The minimum absolute atomic E-state index is 0.0236. The molecule has 0 aromatic heterocycles. The second-order valence-electron chi connectivity index (χ2n) is 5.76. The second kappa shape index (κ2) is 4.89. The number of carbonyl (C=O) groups excluding carboxylic acids is 2. The van der Waals surface area contributed by atoms with Crippen molar-refractivity contribution in [3.05, 3.63) is 35.6 Å². The van der Waals surface area contributed by atoms with Crippen LogP contribution in [0, 0.1) is 11.2 Å². The molecule has 2 saturated heterocycles. The van der Waals surface area contributed by atoms with Gasteiger partial charge in [-0.3, -0.25) is 9.59 Å². The summed E-state index contributed by atoms with van der Waals surface area (Å²) < 4.78 is 13.2. The van der Waals surface area contributed by atoms with Crippen LogP contribution in [0.2, 0.25) is 0 Å². The van der Waals surface area contributed by atoms with Crippen molar-refractivity contribution in [1.29, 1.82) is 0 Å². The lowest BCUT2D eigenvalue weighted by Gasteiger charge is -2.38. The molecule has 0 atom stereocenters. The Balaban J connectivity index is 1.66. The van der Waals surface area contributed by atoms with Gasteiger partial charge in [0.05, 0.1) is 0 Å². The van der Waals surface area contributed by atoms with Gasteiger partial charge in [0.15, 0.2) is 0 Å². The zero-order valence-electron chi connectivity index (χ0n) is 11.2. The van der Waals surface area contributed by atoms with E-state index < -0.39 is 5.82 Å². The molecular formula is C15H17FN2O2. The van der Waals surface area contributed by atoms with Crippen molar-refractivity contribution in [2.75, 3.05) is 19.6 Å². The average molecular weight is 276 g/mol. The molecule has 0 radical (unpaired) electrons. The molecule has 106 valence electrons. The minimum Gasteiger partial charge on any atom is -0.356 e. The summed E-state index contributed by atoms with van der Waals surface area (Å²) in [6, 6.07) is 5.79. The Kier molecular flexibility index (Phi) is 3.20. The van der Waals surface area contributed by atoms with Crippen LogP contribution in [0.4, 0.5) is 4.39 Å². The number of halogens is 1. The van der Waals surface area contributed by atoms with Gasteiger partial charge in [0, 0.05) is 31.6 Å². The highest BCUT2D eigenvalue weighted by Crippen LogP contribution is 2.37. The van der Waals surface area contributed by atoms with Crippen LogP contribution in [-0.2, 0) is 4.79 Å². The van der Waals surface area contributed by atoms with Crippen LogP contribution < -0.4 is 5.32 Å². The number of carbonyl (C=O) groups is 2. The monoisotopic (exact) mass is 276 g/mol. The first-order valence-electron chi connectivity index (χ1n) is 6.90. The van der Waals surface area contributed by atoms with E-state index in [1.807, 2.05) is 0 Å². The number of nitrogens with zero attached hydrogens (tertiary/aromatic N) is 1. The summed E-state index contributed by atoms with van der Waals surface area (Å²) in [7, 11) is 0. The fourth-order valence-corrected chi connectivity index (χ4v) is 3.09. The standard InChI is InChI=1S/C15H17FN2O2/c16-12-3-1-2-11(8-12)14(20)18-6-4-15(5-7-18)9-13(19)17-10-15/h1-3,8H,4-7,9-10H2,(H,17,19). The molecule has 4 nitrogen and oxygen atoms in total. The van der Waals surface area contributed by atoms with Crippen molar-refractivity contribution in [2.45, 2.75) is 19.3 Å². The molecule has 0 unspecified atom stereocenters. The van der Waals surface area contributed by atoms with E-state index in [4.69, 9.17) is 0 Å².